The molecule has 3 aromatic rings. The maximum Gasteiger partial charge on any atom is 0.253 e. The van der Waals surface area contributed by atoms with E-state index in [0.717, 1.165) is 49.3 Å². The number of thiazole rings is 1. The van der Waals surface area contributed by atoms with Crippen LogP contribution in [0.5, 0.6) is 0 Å². The first-order valence-corrected chi connectivity index (χ1v) is 13.9. The first-order chi connectivity index (χ1) is 15.9. The van der Waals surface area contributed by atoms with Crippen LogP contribution >= 0.6 is 11.3 Å². The number of carbonyl (C=O) groups excluding carboxylic acids is 1. The minimum absolute atomic E-state index is 0.0119. The van der Waals surface area contributed by atoms with Gasteiger partial charge in [0.2, 0.25) is 10.0 Å². The molecule has 0 radical (unpaired) electrons. The second kappa shape index (κ2) is 9.16. The van der Waals surface area contributed by atoms with Gasteiger partial charge in [0.25, 0.3) is 5.91 Å². The number of nitrogens with zero attached hydrogens (tertiary/aromatic N) is 3. The number of aromatic nitrogens is 1. The second-order valence-corrected chi connectivity index (χ2v) is 12.2. The van der Waals surface area contributed by atoms with Crippen molar-refractivity contribution in [1.82, 2.24) is 14.2 Å². The summed E-state index contributed by atoms with van der Waals surface area (Å²) < 4.78 is 29.2. The summed E-state index contributed by atoms with van der Waals surface area (Å²) in [4.78, 5) is 19.7. The van der Waals surface area contributed by atoms with Crippen LogP contribution in [-0.4, -0.2) is 54.7 Å². The van der Waals surface area contributed by atoms with Crippen LogP contribution in [-0.2, 0) is 10.0 Å². The zero-order valence-corrected chi connectivity index (χ0v) is 20.4. The van der Waals surface area contributed by atoms with Gasteiger partial charge in [-0.2, -0.15) is 4.31 Å². The normalized spacial score (nSPS) is 20.9. The lowest BCUT2D eigenvalue weighted by molar-refractivity contribution is 0.0683. The van der Waals surface area contributed by atoms with Gasteiger partial charge in [-0.05, 0) is 68.0 Å². The van der Waals surface area contributed by atoms with E-state index in [4.69, 9.17) is 4.98 Å². The van der Waals surface area contributed by atoms with Crippen LogP contribution in [0.4, 0.5) is 0 Å². The molecular formula is C25H29N3O3S2. The van der Waals surface area contributed by atoms with Crippen LogP contribution in [0, 0.1) is 5.92 Å². The fourth-order valence-electron chi connectivity index (χ4n) is 4.88. The number of carbonyl (C=O) groups is 1. The Morgan fingerprint density at radius 2 is 1.73 bits per heavy atom. The number of hydrogen-bond donors (Lipinski definition) is 0. The third kappa shape index (κ3) is 4.56. The molecule has 2 aliphatic heterocycles. The van der Waals surface area contributed by atoms with Gasteiger partial charge in [0.05, 0.1) is 20.1 Å². The summed E-state index contributed by atoms with van der Waals surface area (Å²) in [5.74, 6) is 0.788. The number of sulfonamides is 1. The molecule has 2 saturated heterocycles. The summed E-state index contributed by atoms with van der Waals surface area (Å²) in [6, 6.07) is 14.6. The number of benzene rings is 2. The summed E-state index contributed by atoms with van der Waals surface area (Å²) >= 11 is 1.71. The lowest BCUT2D eigenvalue weighted by atomic mass is 9.99. The predicted molar refractivity (Wildman–Crippen MR) is 131 cm³/mol. The highest BCUT2D eigenvalue weighted by Gasteiger charge is 2.31. The van der Waals surface area contributed by atoms with Crippen molar-refractivity contribution in [1.29, 1.82) is 0 Å². The van der Waals surface area contributed by atoms with Crippen LogP contribution in [0.1, 0.15) is 53.9 Å². The summed E-state index contributed by atoms with van der Waals surface area (Å²) in [7, 11) is -3.58. The van der Waals surface area contributed by atoms with Gasteiger partial charge in [-0.3, -0.25) is 4.79 Å². The van der Waals surface area contributed by atoms with Crippen LogP contribution in [0.25, 0.3) is 10.2 Å². The molecule has 1 amide bonds. The zero-order chi connectivity index (χ0) is 23.0. The lowest BCUT2D eigenvalue weighted by Gasteiger charge is -2.31. The Balaban J connectivity index is 1.25. The summed E-state index contributed by atoms with van der Waals surface area (Å²) in [6.45, 7) is 4.66. The van der Waals surface area contributed by atoms with Crippen LogP contribution in [0.15, 0.2) is 53.4 Å². The molecule has 5 rings (SSSR count). The molecule has 2 aromatic carbocycles. The Morgan fingerprint density at radius 3 is 2.42 bits per heavy atom. The first kappa shape index (κ1) is 22.5. The zero-order valence-electron chi connectivity index (χ0n) is 18.8. The Labute approximate surface area is 199 Å². The van der Waals surface area contributed by atoms with Crippen LogP contribution < -0.4 is 0 Å². The third-order valence-electron chi connectivity index (χ3n) is 6.80. The van der Waals surface area contributed by atoms with E-state index in [2.05, 4.69) is 13.0 Å². The number of hydrogen-bond acceptors (Lipinski definition) is 5. The molecule has 174 valence electrons. The van der Waals surface area contributed by atoms with E-state index in [1.807, 2.05) is 23.1 Å². The molecule has 2 fully saturated rings. The standard InChI is InChI=1S/C25H29N3O3S2/c1-18-5-4-14-27(17-18)25(29)20-8-10-21(11-9-20)33(30,31)28-15-12-19(13-16-28)24-26-22-6-2-3-7-23(22)32-24/h2-3,6-11,18-19H,4-5,12-17H2,1H3/t18-/m1/s1. The van der Waals surface area contributed by atoms with Gasteiger partial charge in [0, 0.05) is 37.7 Å². The van der Waals surface area contributed by atoms with Gasteiger partial charge in [0.1, 0.15) is 0 Å². The summed E-state index contributed by atoms with van der Waals surface area (Å²) in [5, 5.41) is 1.10. The van der Waals surface area contributed by atoms with E-state index >= 15 is 0 Å². The number of rotatable bonds is 4. The van der Waals surface area contributed by atoms with Crippen LogP contribution in [0.3, 0.4) is 0 Å². The molecule has 0 saturated carbocycles. The molecule has 8 heteroatoms. The number of fused-ring (bicyclic) bond motifs is 1. The fourth-order valence-corrected chi connectivity index (χ4v) is 7.49. The van der Waals surface area contributed by atoms with Crippen molar-refractivity contribution >= 4 is 37.5 Å². The molecule has 0 unspecified atom stereocenters. The monoisotopic (exact) mass is 483 g/mol. The van der Waals surface area contributed by atoms with Crippen molar-refractivity contribution in [2.75, 3.05) is 26.2 Å². The predicted octanol–water partition coefficient (Wildman–Crippen LogP) is 4.74. The van der Waals surface area contributed by atoms with E-state index in [9.17, 15) is 13.2 Å². The van der Waals surface area contributed by atoms with Crippen molar-refractivity contribution < 1.29 is 13.2 Å². The van der Waals surface area contributed by atoms with Crippen molar-refractivity contribution in [2.24, 2.45) is 5.92 Å². The lowest BCUT2D eigenvalue weighted by Crippen LogP contribution is -2.39. The molecule has 0 bridgehead atoms. The largest absolute Gasteiger partial charge is 0.338 e. The highest BCUT2D eigenvalue weighted by molar-refractivity contribution is 7.89. The minimum atomic E-state index is -3.58. The van der Waals surface area contributed by atoms with Crippen molar-refractivity contribution in [3.8, 4) is 0 Å². The van der Waals surface area contributed by atoms with Gasteiger partial charge in [-0.1, -0.05) is 19.1 Å². The second-order valence-electron chi connectivity index (χ2n) is 9.22. The molecule has 0 spiro atoms. The van der Waals surface area contributed by atoms with E-state index in [1.54, 1.807) is 39.9 Å². The van der Waals surface area contributed by atoms with Crippen molar-refractivity contribution in [3.63, 3.8) is 0 Å². The average Bonchev–Trinajstić information content (AvgIpc) is 3.28. The molecular weight excluding hydrogens is 454 g/mol. The number of para-hydroxylation sites is 1. The Kier molecular flexibility index (Phi) is 6.24. The third-order valence-corrected chi connectivity index (χ3v) is 9.91. The Morgan fingerprint density at radius 1 is 1.00 bits per heavy atom. The Hall–Kier alpha value is -2.29. The average molecular weight is 484 g/mol. The SMILES string of the molecule is C[C@@H]1CCCN(C(=O)c2ccc(S(=O)(=O)N3CCC(c4nc5ccccc5s4)CC3)cc2)C1. The topological polar surface area (TPSA) is 70.6 Å². The molecule has 33 heavy (non-hydrogen) atoms. The van der Waals surface area contributed by atoms with Crippen molar-refractivity contribution in [2.45, 2.75) is 43.4 Å². The quantitative estimate of drug-likeness (QED) is 0.538. The molecule has 0 aliphatic carbocycles. The Bertz CT molecular complexity index is 1210. The fraction of sp³-hybridized carbons (Fsp3) is 0.440. The molecule has 3 heterocycles. The van der Waals surface area contributed by atoms with E-state index in [-0.39, 0.29) is 10.8 Å². The maximum atomic E-state index is 13.2. The number of piperidine rings is 2. The molecule has 1 aromatic heterocycles. The van der Waals surface area contributed by atoms with Gasteiger partial charge >= 0.3 is 0 Å². The van der Waals surface area contributed by atoms with Crippen molar-refractivity contribution in [3.05, 3.63) is 59.1 Å². The minimum Gasteiger partial charge on any atom is -0.338 e. The highest BCUT2D eigenvalue weighted by Crippen LogP contribution is 2.35. The molecule has 2 aliphatic rings. The van der Waals surface area contributed by atoms with E-state index in [1.165, 1.54) is 4.70 Å². The molecule has 6 nitrogen and oxygen atoms in total. The first-order valence-electron chi connectivity index (χ1n) is 11.7. The summed E-state index contributed by atoms with van der Waals surface area (Å²) in [5.41, 5.74) is 1.57. The molecule has 1 atom stereocenters. The smallest absolute Gasteiger partial charge is 0.253 e. The van der Waals surface area contributed by atoms with Gasteiger partial charge < -0.3 is 4.90 Å². The van der Waals surface area contributed by atoms with Gasteiger partial charge in [-0.15, -0.1) is 11.3 Å². The van der Waals surface area contributed by atoms with E-state index < -0.39 is 10.0 Å². The van der Waals surface area contributed by atoms with Crippen LogP contribution in [0.2, 0.25) is 0 Å². The van der Waals surface area contributed by atoms with E-state index in [0.29, 0.717) is 30.5 Å². The number of likely N-dealkylation sites (tertiary alicyclic amines) is 1. The van der Waals surface area contributed by atoms with Gasteiger partial charge in [0.15, 0.2) is 0 Å². The highest BCUT2D eigenvalue weighted by atomic mass is 32.2. The summed E-state index contributed by atoms with van der Waals surface area (Å²) in [6.07, 6.45) is 3.70. The number of amides is 1. The van der Waals surface area contributed by atoms with Gasteiger partial charge in [-0.25, -0.2) is 13.4 Å². The maximum absolute atomic E-state index is 13.2. The molecule has 0 N–H and O–H groups in total.